The minimum absolute atomic E-state index is 0.551. The highest BCUT2D eigenvalue weighted by molar-refractivity contribution is 4.94. The van der Waals surface area contributed by atoms with Crippen molar-refractivity contribution < 1.29 is 74.4 Å². The average Bonchev–Trinajstić information content (AvgIpc) is 2.81. The molecule has 34 heavy (non-hydrogen) atoms. The van der Waals surface area contributed by atoms with Crippen molar-refractivity contribution in [3.63, 3.8) is 0 Å². The maximum atomic E-state index is 10.3. The van der Waals surface area contributed by atoms with Crippen molar-refractivity contribution in [2.24, 2.45) is 0 Å². The van der Waals surface area contributed by atoms with Gasteiger partial charge in [0.25, 0.3) is 0 Å². The fraction of sp³-hybridized carbons (Fsp3) is 1.00. The number of hydrogen-bond donors (Lipinski definition) is 9. The molecule has 15 nitrogen and oxygen atoms in total. The topological polar surface area (TPSA) is 237 Å². The highest BCUT2D eigenvalue weighted by atomic mass is 16.7. The first-order valence-electron chi connectivity index (χ1n) is 10.8. The normalized spacial score (nSPS) is 52.5. The van der Waals surface area contributed by atoms with E-state index in [2.05, 4.69) is 0 Å². The first kappa shape index (κ1) is 28.0. The van der Waals surface area contributed by atoms with E-state index in [1.54, 1.807) is 0 Å². The molecule has 3 aliphatic heterocycles. The fourth-order valence-corrected chi connectivity index (χ4v) is 4.14. The molecule has 3 heterocycles. The van der Waals surface area contributed by atoms with E-state index in [1.165, 1.54) is 14.0 Å². The number of hydrogen-bond acceptors (Lipinski definition) is 15. The van der Waals surface area contributed by atoms with E-state index < -0.39 is 105 Å². The summed E-state index contributed by atoms with van der Waals surface area (Å²) >= 11 is 0. The second-order valence-corrected chi connectivity index (χ2v) is 8.57. The fourth-order valence-electron chi connectivity index (χ4n) is 4.14. The van der Waals surface area contributed by atoms with Gasteiger partial charge >= 0.3 is 0 Å². The SMILES string of the molecule is CO[C@H]1[C@@H](O)[C@@H](C)OC(O)[C@@H]1O[C@@H]1O[C@H](CO[C@@H]2O[C@H](CO)[C@@H](O)[C@H](O)[C@H]2O)[C@@H](O)[C@H](O)[C@H]1O. The van der Waals surface area contributed by atoms with Crippen LogP contribution in [0.1, 0.15) is 6.92 Å². The molecule has 0 aromatic heterocycles. The predicted octanol–water partition coefficient (Wildman–Crippen LogP) is -5.89. The molecule has 0 aliphatic carbocycles. The van der Waals surface area contributed by atoms with Gasteiger partial charge in [0.2, 0.25) is 0 Å². The number of methoxy groups -OCH3 is 1. The predicted molar refractivity (Wildman–Crippen MR) is 105 cm³/mol. The van der Waals surface area contributed by atoms with Gasteiger partial charge < -0.3 is 74.4 Å². The first-order chi connectivity index (χ1) is 16.0. The van der Waals surface area contributed by atoms with Gasteiger partial charge in [-0.2, -0.15) is 0 Å². The van der Waals surface area contributed by atoms with Crippen molar-refractivity contribution in [3.8, 4) is 0 Å². The maximum absolute atomic E-state index is 10.3. The zero-order chi connectivity index (χ0) is 25.3. The van der Waals surface area contributed by atoms with E-state index >= 15 is 0 Å². The molecular formula is C19H34O15. The van der Waals surface area contributed by atoms with Gasteiger partial charge in [-0.15, -0.1) is 0 Å². The molecule has 3 saturated heterocycles. The lowest BCUT2D eigenvalue weighted by Crippen LogP contribution is -2.64. The van der Waals surface area contributed by atoms with Gasteiger partial charge in [-0.25, -0.2) is 0 Å². The van der Waals surface area contributed by atoms with Crippen molar-refractivity contribution in [1.29, 1.82) is 0 Å². The molecule has 9 N–H and O–H groups in total. The molecule has 0 amide bonds. The second-order valence-electron chi connectivity index (χ2n) is 8.57. The second kappa shape index (κ2) is 11.6. The summed E-state index contributed by atoms with van der Waals surface area (Å²) in [4.78, 5) is 0. The molecule has 3 aliphatic rings. The van der Waals surface area contributed by atoms with Crippen molar-refractivity contribution >= 4 is 0 Å². The minimum atomic E-state index is -1.78. The lowest BCUT2D eigenvalue weighted by atomic mass is 9.97. The summed E-state index contributed by atoms with van der Waals surface area (Å²) in [5.74, 6) is 0. The first-order valence-corrected chi connectivity index (χ1v) is 10.8. The Morgan fingerprint density at radius 1 is 0.647 bits per heavy atom. The highest BCUT2D eigenvalue weighted by Crippen LogP contribution is 2.30. The molecule has 0 aromatic carbocycles. The van der Waals surface area contributed by atoms with Crippen LogP contribution < -0.4 is 0 Å². The van der Waals surface area contributed by atoms with Crippen LogP contribution in [0.15, 0.2) is 0 Å². The lowest BCUT2D eigenvalue weighted by Gasteiger charge is -2.46. The van der Waals surface area contributed by atoms with E-state index in [9.17, 15) is 46.0 Å². The third-order valence-electron chi connectivity index (χ3n) is 6.28. The van der Waals surface area contributed by atoms with Gasteiger partial charge in [-0.3, -0.25) is 0 Å². The van der Waals surface area contributed by atoms with E-state index in [0.29, 0.717) is 0 Å². The monoisotopic (exact) mass is 502 g/mol. The van der Waals surface area contributed by atoms with Gasteiger partial charge in [-0.05, 0) is 6.92 Å². The third-order valence-corrected chi connectivity index (χ3v) is 6.28. The maximum Gasteiger partial charge on any atom is 0.187 e. The molecule has 3 fully saturated rings. The average molecular weight is 502 g/mol. The molecule has 0 bridgehead atoms. The summed E-state index contributed by atoms with van der Waals surface area (Å²) in [5, 5.41) is 90.4. The quantitative estimate of drug-likeness (QED) is 0.157. The van der Waals surface area contributed by atoms with E-state index in [0.717, 1.165) is 0 Å². The summed E-state index contributed by atoms with van der Waals surface area (Å²) in [5.41, 5.74) is 0. The summed E-state index contributed by atoms with van der Waals surface area (Å²) in [6.45, 7) is 0.282. The van der Waals surface area contributed by atoms with Crippen LogP contribution in [0.5, 0.6) is 0 Å². The van der Waals surface area contributed by atoms with Gasteiger partial charge in [-0.1, -0.05) is 0 Å². The van der Waals surface area contributed by atoms with E-state index in [4.69, 9.17) is 28.4 Å². The van der Waals surface area contributed by atoms with Crippen LogP contribution in [0.4, 0.5) is 0 Å². The summed E-state index contributed by atoms with van der Waals surface area (Å²) < 4.78 is 32.0. The summed E-state index contributed by atoms with van der Waals surface area (Å²) in [6.07, 6.45) is -22.0. The van der Waals surface area contributed by atoms with Crippen LogP contribution in [-0.4, -0.2) is 158 Å². The van der Waals surface area contributed by atoms with E-state index in [1.807, 2.05) is 0 Å². The van der Waals surface area contributed by atoms with Crippen molar-refractivity contribution in [2.75, 3.05) is 20.3 Å². The van der Waals surface area contributed by atoms with Gasteiger partial charge in [0.1, 0.15) is 67.1 Å². The molecule has 0 aromatic rings. The molecule has 0 saturated carbocycles. The van der Waals surface area contributed by atoms with Gasteiger partial charge in [0, 0.05) is 7.11 Å². The molecule has 15 atom stereocenters. The Balaban J connectivity index is 1.66. The molecule has 1 unspecified atom stereocenters. The van der Waals surface area contributed by atoms with Gasteiger partial charge in [0.05, 0.1) is 19.3 Å². The molecule has 0 radical (unpaired) electrons. The number of rotatable bonds is 7. The minimum Gasteiger partial charge on any atom is -0.394 e. The van der Waals surface area contributed by atoms with Crippen molar-refractivity contribution in [3.05, 3.63) is 0 Å². The van der Waals surface area contributed by atoms with Crippen LogP contribution in [0.2, 0.25) is 0 Å². The molecule has 200 valence electrons. The van der Waals surface area contributed by atoms with Crippen molar-refractivity contribution in [1.82, 2.24) is 0 Å². The van der Waals surface area contributed by atoms with Gasteiger partial charge in [0.15, 0.2) is 18.9 Å². The van der Waals surface area contributed by atoms with E-state index in [-0.39, 0.29) is 0 Å². The molecule has 3 rings (SSSR count). The summed E-state index contributed by atoms with van der Waals surface area (Å²) in [6, 6.07) is 0. The standard InChI is InChI=1S/C19H34O15/c1-5-8(21)15(29-2)16(17(28)31-5)34-19-14(27)12(25)10(23)7(33-19)4-30-18-13(26)11(24)9(22)6(3-20)32-18/h5-28H,3-4H2,1-2H3/t5-,6-,7-,8+,9-,10-,11+,12+,13-,14-,15+,16-,17?,18-,19+/m1/s1. The Bertz CT molecular complexity index is 639. The zero-order valence-corrected chi connectivity index (χ0v) is 18.5. The summed E-state index contributed by atoms with van der Waals surface area (Å²) in [7, 11) is 1.27. The highest BCUT2D eigenvalue weighted by Gasteiger charge is 2.51. The Morgan fingerprint density at radius 2 is 1.21 bits per heavy atom. The van der Waals surface area contributed by atoms with Crippen LogP contribution in [0, 0.1) is 0 Å². The Hall–Kier alpha value is -0.600. The Labute approximate surface area is 194 Å². The Morgan fingerprint density at radius 3 is 1.79 bits per heavy atom. The largest absolute Gasteiger partial charge is 0.394 e. The lowest BCUT2D eigenvalue weighted by molar-refractivity contribution is -0.367. The third kappa shape index (κ3) is 5.54. The molecule has 0 spiro atoms. The Kier molecular flexibility index (Phi) is 9.57. The molecular weight excluding hydrogens is 468 g/mol. The zero-order valence-electron chi connectivity index (χ0n) is 18.5. The van der Waals surface area contributed by atoms with Crippen LogP contribution >= 0.6 is 0 Å². The molecule has 15 heteroatoms. The number of aliphatic hydroxyl groups is 9. The number of ether oxygens (including phenoxy) is 6. The van der Waals surface area contributed by atoms with Crippen LogP contribution in [0.3, 0.4) is 0 Å². The van der Waals surface area contributed by atoms with Crippen molar-refractivity contribution in [2.45, 2.75) is 99.0 Å². The van der Waals surface area contributed by atoms with Crippen LogP contribution in [0.25, 0.3) is 0 Å². The smallest absolute Gasteiger partial charge is 0.187 e. The number of aliphatic hydroxyl groups excluding tert-OH is 9. The van der Waals surface area contributed by atoms with Crippen LogP contribution in [-0.2, 0) is 28.4 Å².